The summed E-state index contributed by atoms with van der Waals surface area (Å²) in [4.78, 5) is 30.8. The van der Waals surface area contributed by atoms with Gasteiger partial charge in [0.2, 0.25) is 5.91 Å². The molecule has 0 unspecified atom stereocenters. The fraction of sp³-hybridized carbons (Fsp3) is 0.412. The van der Waals surface area contributed by atoms with Gasteiger partial charge in [-0.05, 0) is 63.1 Å². The van der Waals surface area contributed by atoms with Crippen LogP contribution in [0.5, 0.6) is 11.5 Å². The fourth-order valence-electron chi connectivity index (χ4n) is 6.37. The standard InChI is InChI=1S/C34H38F3N3O4/c1-3-43-31(41)25-11-10-14-28(24(25)2)40-21-19-39(20-22-40)18-9-8-17-33(32(42)38-23-34(35,36)37)26-12-4-6-15-29(26)44-30-16-7-5-13-27(30)33/h4-7,10-16H,3,8-9,17-23H2,1-2H3,(H,38,42). The van der Waals surface area contributed by atoms with Crippen molar-refractivity contribution in [3.8, 4) is 11.5 Å². The second-order valence-electron chi connectivity index (χ2n) is 11.3. The number of esters is 1. The number of para-hydroxylation sites is 2. The number of nitrogens with one attached hydrogen (secondary N) is 1. The lowest BCUT2D eigenvalue weighted by Gasteiger charge is -2.39. The molecule has 1 amide bonds. The number of benzene rings is 3. The summed E-state index contributed by atoms with van der Waals surface area (Å²) >= 11 is 0. The van der Waals surface area contributed by atoms with E-state index in [0.717, 1.165) is 50.4 Å². The van der Waals surface area contributed by atoms with Crippen LogP contribution in [0.4, 0.5) is 18.9 Å². The maximum Gasteiger partial charge on any atom is 0.405 e. The Morgan fingerprint density at radius 2 is 1.55 bits per heavy atom. The number of anilines is 1. The van der Waals surface area contributed by atoms with Crippen LogP contribution in [0.25, 0.3) is 0 Å². The molecule has 2 heterocycles. The summed E-state index contributed by atoms with van der Waals surface area (Å²) in [7, 11) is 0. The van der Waals surface area contributed by atoms with Gasteiger partial charge in [-0.15, -0.1) is 0 Å². The van der Waals surface area contributed by atoms with Crippen LogP contribution in [-0.4, -0.2) is 68.8 Å². The van der Waals surface area contributed by atoms with Crippen molar-refractivity contribution >= 4 is 17.6 Å². The minimum Gasteiger partial charge on any atom is -0.462 e. The zero-order chi connectivity index (χ0) is 31.3. The Morgan fingerprint density at radius 3 is 2.16 bits per heavy atom. The molecule has 0 aliphatic carbocycles. The topological polar surface area (TPSA) is 71.1 Å². The van der Waals surface area contributed by atoms with E-state index < -0.39 is 24.0 Å². The number of unbranched alkanes of at least 4 members (excludes halogenated alkanes) is 1. The molecule has 7 nitrogen and oxygen atoms in total. The smallest absolute Gasteiger partial charge is 0.405 e. The summed E-state index contributed by atoms with van der Waals surface area (Å²) in [5.74, 6) is -0.0317. The third kappa shape index (κ3) is 6.55. The predicted octanol–water partition coefficient (Wildman–Crippen LogP) is 6.23. The van der Waals surface area contributed by atoms with E-state index in [1.54, 1.807) is 61.5 Å². The summed E-state index contributed by atoms with van der Waals surface area (Å²) in [6.07, 6.45) is -2.78. The number of alkyl halides is 3. The Kier molecular flexibility index (Phi) is 9.48. The van der Waals surface area contributed by atoms with Gasteiger partial charge in [0.15, 0.2) is 0 Å². The highest BCUT2D eigenvalue weighted by molar-refractivity contribution is 5.95. The Balaban J connectivity index is 1.26. The molecular formula is C34H38F3N3O4. The first-order valence-corrected chi connectivity index (χ1v) is 15.1. The van der Waals surface area contributed by atoms with Crippen LogP contribution in [0.3, 0.4) is 0 Å². The summed E-state index contributed by atoms with van der Waals surface area (Å²) in [6, 6.07) is 19.9. The highest BCUT2D eigenvalue weighted by atomic mass is 19.4. The van der Waals surface area contributed by atoms with E-state index in [2.05, 4.69) is 15.1 Å². The van der Waals surface area contributed by atoms with Gasteiger partial charge < -0.3 is 19.7 Å². The van der Waals surface area contributed by atoms with E-state index >= 15 is 0 Å². The molecule has 2 aliphatic heterocycles. The van der Waals surface area contributed by atoms with Crippen molar-refractivity contribution in [3.05, 3.63) is 89.0 Å². The average molecular weight is 610 g/mol. The number of hydrogen-bond acceptors (Lipinski definition) is 6. The lowest BCUT2D eigenvalue weighted by molar-refractivity contribution is -0.141. The Labute approximate surface area is 255 Å². The number of carbonyl (C=O) groups excluding carboxylic acids is 2. The van der Waals surface area contributed by atoms with E-state index in [-0.39, 0.29) is 5.97 Å². The molecular weight excluding hydrogens is 571 g/mol. The van der Waals surface area contributed by atoms with Crippen molar-refractivity contribution in [1.29, 1.82) is 0 Å². The fourth-order valence-corrected chi connectivity index (χ4v) is 6.37. The van der Waals surface area contributed by atoms with Gasteiger partial charge >= 0.3 is 12.1 Å². The van der Waals surface area contributed by atoms with Crippen molar-refractivity contribution in [2.75, 3.05) is 50.8 Å². The van der Waals surface area contributed by atoms with E-state index in [1.807, 2.05) is 19.1 Å². The number of fused-ring (bicyclic) bond motifs is 2. The number of ether oxygens (including phenoxy) is 2. The zero-order valence-electron chi connectivity index (χ0n) is 25.1. The molecule has 0 aromatic heterocycles. The Bertz CT molecular complexity index is 1440. The quantitative estimate of drug-likeness (QED) is 0.217. The highest BCUT2D eigenvalue weighted by Gasteiger charge is 2.48. The number of hydrogen-bond donors (Lipinski definition) is 1. The molecule has 0 saturated carbocycles. The number of nitrogens with zero attached hydrogens (tertiary/aromatic N) is 2. The normalized spacial score (nSPS) is 16.0. The third-order valence-corrected chi connectivity index (χ3v) is 8.54. The second kappa shape index (κ2) is 13.3. The van der Waals surface area contributed by atoms with Crippen molar-refractivity contribution in [3.63, 3.8) is 0 Å². The average Bonchev–Trinajstić information content (AvgIpc) is 3.01. The first-order valence-electron chi connectivity index (χ1n) is 15.1. The van der Waals surface area contributed by atoms with Gasteiger partial charge in [-0.1, -0.05) is 48.9 Å². The van der Waals surface area contributed by atoms with Crippen molar-refractivity contribution < 1.29 is 32.2 Å². The van der Waals surface area contributed by atoms with Gasteiger partial charge in [-0.3, -0.25) is 9.69 Å². The molecule has 0 bridgehead atoms. The van der Waals surface area contributed by atoms with Gasteiger partial charge in [-0.25, -0.2) is 4.79 Å². The van der Waals surface area contributed by atoms with E-state index in [4.69, 9.17) is 9.47 Å². The molecule has 10 heteroatoms. The number of halogens is 3. The van der Waals surface area contributed by atoms with Crippen LogP contribution in [0.15, 0.2) is 66.7 Å². The number of carbonyl (C=O) groups is 2. The summed E-state index contributed by atoms with van der Waals surface area (Å²) in [5.41, 5.74) is 2.36. The molecule has 1 N–H and O–H groups in total. The Morgan fingerprint density at radius 1 is 0.909 bits per heavy atom. The number of amides is 1. The molecule has 1 fully saturated rings. The molecule has 3 aromatic carbocycles. The van der Waals surface area contributed by atoms with Gasteiger partial charge in [-0.2, -0.15) is 13.2 Å². The first kappa shape index (κ1) is 31.4. The first-order chi connectivity index (χ1) is 21.1. The number of rotatable bonds is 10. The SMILES string of the molecule is CCOC(=O)c1cccc(N2CCN(CCCCC3(C(=O)NCC(F)(F)F)c4ccccc4Oc4ccccc43)CC2)c1C. The minimum atomic E-state index is -4.53. The molecule has 234 valence electrons. The van der Waals surface area contributed by atoms with Crippen molar-refractivity contribution in [2.24, 2.45) is 0 Å². The highest BCUT2D eigenvalue weighted by Crippen LogP contribution is 2.50. The monoisotopic (exact) mass is 609 g/mol. The largest absolute Gasteiger partial charge is 0.462 e. The molecule has 5 rings (SSSR count). The third-order valence-electron chi connectivity index (χ3n) is 8.54. The van der Waals surface area contributed by atoms with Gasteiger partial charge in [0.25, 0.3) is 0 Å². The lowest BCUT2D eigenvalue weighted by Crippen LogP contribution is -2.49. The predicted molar refractivity (Wildman–Crippen MR) is 162 cm³/mol. The van der Waals surface area contributed by atoms with E-state index in [1.165, 1.54) is 0 Å². The van der Waals surface area contributed by atoms with Crippen LogP contribution in [0.1, 0.15) is 53.2 Å². The van der Waals surface area contributed by atoms with E-state index in [9.17, 15) is 22.8 Å². The summed E-state index contributed by atoms with van der Waals surface area (Å²) < 4.78 is 50.8. The zero-order valence-corrected chi connectivity index (χ0v) is 25.1. The Hall–Kier alpha value is -4.05. The molecule has 0 radical (unpaired) electrons. The lowest BCUT2D eigenvalue weighted by atomic mass is 9.68. The van der Waals surface area contributed by atoms with Crippen LogP contribution >= 0.6 is 0 Å². The molecule has 0 atom stereocenters. The van der Waals surface area contributed by atoms with Gasteiger partial charge in [0.1, 0.15) is 23.5 Å². The van der Waals surface area contributed by atoms with Crippen LogP contribution < -0.4 is 15.0 Å². The minimum absolute atomic E-state index is 0.315. The van der Waals surface area contributed by atoms with E-state index in [0.29, 0.717) is 47.6 Å². The van der Waals surface area contributed by atoms with Gasteiger partial charge in [0, 0.05) is 43.0 Å². The summed E-state index contributed by atoms with van der Waals surface area (Å²) in [5, 5.41) is 2.18. The van der Waals surface area contributed by atoms with Crippen molar-refractivity contribution in [1.82, 2.24) is 10.2 Å². The molecule has 1 saturated heterocycles. The second-order valence-corrected chi connectivity index (χ2v) is 11.3. The van der Waals surface area contributed by atoms with Crippen LogP contribution in [-0.2, 0) is 14.9 Å². The van der Waals surface area contributed by atoms with Crippen LogP contribution in [0, 0.1) is 6.92 Å². The molecule has 3 aromatic rings. The van der Waals surface area contributed by atoms with Gasteiger partial charge in [0.05, 0.1) is 12.2 Å². The van der Waals surface area contributed by atoms with Crippen molar-refractivity contribution in [2.45, 2.75) is 44.7 Å². The molecule has 2 aliphatic rings. The summed E-state index contributed by atoms with van der Waals surface area (Å²) in [6.45, 7) is 6.74. The number of piperazine rings is 1. The maximum absolute atomic E-state index is 13.8. The van der Waals surface area contributed by atoms with Crippen LogP contribution in [0.2, 0.25) is 0 Å². The molecule has 44 heavy (non-hydrogen) atoms. The maximum atomic E-state index is 13.8. The molecule has 0 spiro atoms.